The van der Waals surface area contributed by atoms with Crippen molar-refractivity contribution in [3.8, 4) is 0 Å². The molecule has 2 aromatic rings. The molecule has 0 saturated heterocycles. The van der Waals surface area contributed by atoms with Crippen molar-refractivity contribution >= 4 is 17.5 Å². The van der Waals surface area contributed by atoms with E-state index in [-0.39, 0.29) is 11.9 Å². The number of rotatable bonds is 2. The Morgan fingerprint density at radius 1 is 0.917 bits per heavy atom. The lowest BCUT2D eigenvalue weighted by atomic mass is 9.85. The topological polar surface area (TPSA) is 20.3 Å². The summed E-state index contributed by atoms with van der Waals surface area (Å²) in [7, 11) is 0. The Morgan fingerprint density at radius 3 is 2.38 bits per heavy atom. The van der Waals surface area contributed by atoms with Gasteiger partial charge < -0.3 is 4.90 Å². The number of fused-ring (bicyclic) bond motifs is 1. The van der Waals surface area contributed by atoms with E-state index in [1.807, 2.05) is 30.3 Å². The minimum atomic E-state index is 0.118. The van der Waals surface area contributed by atoms with E-state index in [0.717, 1.165) is 35.4 Å². The van der Waals surface area contributed by atoms with Crippen LogP contribution in [0.15, 0.2) is 48.5 Å². The third-order valence-corrected chi connectivity index (χ3v) is 5.71. The van der Waals surface area contributed by atoms with E-state index < -0.39 is 0 Å². The van der Waals surface area contributed by atoms with E-state index in [4.69, 9.17) is 11.6 Å². The Labute approximate surface area is 148 Å². The van der Waals surface area contributed by atoms with Gasteiger partial charge in [-0.15, -0.1) is 0 Å². The minimum absolute atomic E-state index is 0.118. The van der Waals surface area contributed by atoms with Crippen molar-refractivity contribution < 1.29 is 4.79 Å². The Morgan fingerprint density at radius 2 is 1.62 bits per heavy atom. The van der Waals surface area contributed by atoms with Crippen LogP contribution in [0.2, 0.25) is 5.02 Å². The molecule has 124 valence electrons. The second-order valence-electron chi connectivity index (χ2n) is 6.93. The van der Waals surface area contributed by atoms with Crippen LogP contribution >= 0.6 is 11.6 Å². The third kappa shape index (κ3) is 2.84. The van der Waals surface area contributed by atoms with Crippen LogP contribution < -0.4 is 0 Å². The number of hydrogen-bond donors (Lipinski definition) is 0. The lowest BCUT2D eigenvalue weighted by Crippen LogP contribution is -2.47. The van der Waals surface area contributed by atoms with Crippen LogP contribution in [-0.2, 0) is 6.42 Å². The molecular weight excluding hydrogens is 318 g/mol. The molecule has 1 unspecified atom stereocenters. The molecule has 0 bridgehead atoms. The van der Waals surface area contributed by atoms with E-state index >= 15 is 0 Å². The second kappa shape index (κ2) is 6.60. The summed E-state index contributed by atoms with van der Waals surface area (Å²) in [6.07, 6.45) is 6.88. The van der Waals surface area contributed by atoms with Gasteiger partial charge in [-0.1, -0.05) is 61.2 Å². The molecule has 1 atom stereocenters. The predicted octanol–water partition coefficient (Wildman–Crippen LogP) is 5.41. The summed E-state index contributed by atoms with van der Waals surface area (Å²) in [5, 5.41) is 0.741. The average molecular weight is 340 g/mol. The van der Waals surface area contributed by atoms with Crippen LogP contribution in [-0.4, -0.2) is 16.8 Å². The molecule has 4 rings (SSSR count). The van der Waals surface area contributed by atoms with E-state index in [1.165, 1.54) is 24.8 Å². The van der Waals surface area contributed by atoms with Gasteiger partial charge in [-0.25, -0.2) is 0 Å². The zero-order chi connectivity index (χ0) is 16.5. The summed E-state index contributed by atoms with van der Waals surface area (Å²) in [4.78, 5) is 15.4. The van der Waals surface area contributed by atoms with Gasteiger partial charge >= 0.3 is 0 Å². The van der Waals surface area contributed by atoms with Crippen molar-refractivity contribution in [3.05, 3.63) is 70.2 Å². The van der Waals surface area contributed by atoms with Gasteiger partial charge in [0.15, 0.2) is 0 Å². The van der Waals surface area contributed by atoms with Crippen molar-refractivity contribution in [1.29, 1.82) is 0 Å². The van der Waals surface area contributed by atoms with Crippen LogP contribution in [0.4, 0.5) is 0 Å². The highest BCUT2D eigenvalue weighted by Gasteiger charge is 2.37. The van der Waals surface area contributed by atoms with Crippen molar-refractivity contribution in [1.82, 2.24) is 4.90 Å². The molecule has 2 nitrogen and oxygen atoms in total. The van der Waals surface area contributed by atoms with Crippen LogP contribution in [0.25, 0.3) is 0 Å². The second-order valence-corrected chi connectivity index (χ2v) is 7.37. The lowest BCUT2D eigenvalue weighted by Gasteiger charge is -2.43. The van der Waals surface area contributed by atoms with Gasteiger partial charge in [-0.2, -0.15) is 0 Å². The first-order chi connectivity index (χ1) is 11.7. The molecule has 1 aliphatic carbocycles. The Balaban J connectivity index is 1.76. The molecule has 1 fully saturated rings. The third-order valence-electron chi connectivity index (χ3n) is 5.45. The SMILES string of the molecule is O=C1c2ccccc2CC(c2ccc(Cl)cc2)N1C1CCCCC1. The molecule has 1 aliphatic heterocycles. The molecule has 3 heteroatoms. The number of halogens is 1. The van der Waals surface area contributed by atoms with Crippen molar-refractivity contribution in [2.45, 2.75) is 50.6 Å². The van der Waals surface area contributed by atoms with Crippen LogP contribution in [0.3, 0.4) is 0 Å². The fourth-order valence-electron chi connectivity index (χ4n) is 4.24. The fourth-order valence-corrected chi connectivity index (χ4v) is 4.36. The largest absolute Gasteiger partial charge is 0.328 e. The first-order valence-corrected chi connectivity index (χ1v) is 9.28. The number of nitrogens with zero attached hydrogens (tertiary/aromatic N) is 1. The summed E-state index contributed by atoms with van der Waals surface area (Å²) < 4.78 is 0. The average Bonchev–Trinajstić information content (AvgIpc) is 2.63. The predicted molar refractivity (Wildman–Crippen MR) is 97.4 cm³/mol. The molecule has 0 aromatic heterocycles. The van der Waals surface area contributed by atoms with Gasteiger partial charge in [-0.3, -0.25) is 4.79 Å². The summed E-state index contributed by atoms with van der Waals surface area (Å²) in [6.45, 7) is 0. The zero-order valence-electron chi connectivity index (χ0n) is 13.7. The monoisotopic (exact) mass is 339 g/mol. The molecular formula is C21H22ClNO. The molecule has 0 radical (unpaired) electrons. The van der Waals surface area contributed by atoms with Crippen LogP contribution in [0, 0.1) is 0 Å². The molecule has 1 amide bonds. The van der Waals surface area contributed by atoms with E-state index in [1.54, 1.807) is 0 Å². The van der Waals surface area contributed by atoms with Gasteiger partial charge in [0.05, 0.1) is 6.04 Å². The summed E-state index contributed by atoms with van der Waals surface area (Å²) >= 11 is 6.06. The summed E-state index contributed by atoms with van der Waals surface area (Å²) in [6, 6.07) is 16.6. The molecule has 2 aliphatic rings. The highest BCUT2D eigenvalue weighted by atomic mass is 35.5. The first-order valence-electron chi connectivity index (χ1n) is 8.90. The summed E-state index contributed by atoms with van der Waals surface area (Å²) in [5.74, 6) is 0.198. The number of benzene rings is 2. The Hall–Kier alpha value is -1.80. The summed E-state index contributed by atoms with van der Waals surface area (Å²) in [5.41, 5.74) is 3.23. The quantitative estimate of drug-likeness (QED) is 0.716. The van der Waals surface area contributed by atoms with Gasteiger partial charge in [0.1, 0.15) is 0 Å². The van der Waals surface area contributed by atoms with Crippen molar-refractivity contribution in [2.75, 3.05) is 0 Å². The molecule has 0 N–H and O–H groups in total. The number of carbonyl (C=O) groups excluding carboxylic acids is 1. The molecule has 1 saturated carbocycles. The van der Waals surface area contributed by atoms with E-state index in [9.17, 15) is 4.79 Å². The van der Waals surface area contributed by atoms with Crippen LogP contribution in [0.1, 0.15) is 59.6 Å². The number of amides is 1. The minimum Gasteiger partial charge on any atom is -0.328 e. The van der Waals surface area contributed by atoms with Gasteiger partial charge in [-0.05, 0) is 48.6 Å². The lowest BCUT2D eigenvalue weighted by molar-refractivity contribution is 0.0473. The highest BCUT2D eigenvalue weighted by Crippen LogP contribution is 2.38. The van der Waals surface area contributed by atoms with Gasteiger partial charge in [0.25, 0.3) is 5.91 Å². The maximum atomic E-state index is 13.3. The standard InChI is InChI=1S/C21H22ClNO/c22-17-12-10-15(11-13-17)20-14-16-6-4-5-9-19(16)21(24)23(20)18-7-2-1-3-8-18/h4-6,9-13,18,20H,1-3,7-8,14H2. The molecule has 0 spiro atoms. The zero-order valence-corrected chi connectivity index (χ0v) is 14.5. The van der Waals surface area contributed by atoms with Gasteiger partial charge in [0, 0.05) is 16.6 Å². The Bertz CT molecular complexity index is 734. The fraction of sp³-hybridized carbons (Fsp3) is 0.381. The maximum absolute atomic E-state index is 13.3. The van der Waals surface area contributed by atoms with Crippen molar-refractivity contribution in [3.63, 3.8) is 0 Å². The molecule has 24 heavy (non-hydrogen) atoms. The van der Waals surface area contributed by atoms with E-state index in [0.29, 0.717) is 6.04 Å². The smallest absolute Gasteiger partial charge is 0.254 e. The number of hydrogen-bond acceptors (Lipinski definition) is 1. The van der Waals surface area contributed by atoms with Crippen molar-refractivity contribution in [2.24, 2.45) is 0 Å². The van der Waals surface area contributed by atoms with Gasteiger partial charge in [0.2, 0.25) is 0 Å². The maximum Gasteiger partial charge on any atom is 0.254 e. The Kier molecular flexibility index (Phi) is 4.32. The first kappa shape index (κ1) is 15.7. The van der Waals surface area contributed by atoms with Crippen LogP contribution in [0.5, 0.6) is 0 Å². The highest BCUT2D eigenvalue weighted by molar-refractivity contribution is 6.30. The molecule has 1 heterocycles. The van der Waals surface area contributed by atoms with E-state index in [2.05, 4.69) is 23.1 Å². The normalized spacial score (nSPS) is 21.6. The molecule has 2 aromatic carbocycles. The number of carbonyl (C=O) groups is 1.